The monoisotopic (exact) mass is 465 g/mol. The molecule has 170 valence electrons. The van der Waals surface area contributed by atoms with E-state index in [-0.39, 0.29) is 11.7 Å². The summed E-state index contributed by atoms with van der Waals surface area (Å²) in [6.45, 7) is 5.50. The number of halogens is 2. The van der Waals surface area contributed by atoms with Gasteiger partial charge in [-0.2, -0.15) is 0 Å². The second kappa shape index (κ2) is 11.0. The smallest absolute Gasteiger partial charge is 0.228 e. The third-order valence-electron chi connectivity index (χ3n) is 4.53. The first-order valence-corrected chi connectivity index (χ1v) is 11.5. The van der Waals surface area contributed by atoms with Crippen LogP contribution in [0.25, 0.3) is 0 Å². The van der Waals surface area contributed by atoms with Gasteiger partial charge in [-0.1, -0.05) is 30.9 Å². The summed E-state index contributed by atoms with van der Waals surface area (Å²) >= 11 is 1.76. The van der Waals surface area contributed by atoms with Crippen LogP contribution in [0.3, 0.4) is 0 Å². The number of hydrogen-bond acceptors (Lipinski definition) is 3. The Labute approximate surface area is 197 Å². The molecule has 0 saturated carbocycles. The Morgan fingerprint density at radius 2 is 1.73 bits per heavy atom. The molecule has 0 atom stereocenters. The zero-order valence-corrected chi connectivity index (χ0v) is 19.6. The van der Waals surface area contributed by atoms with Gasteiger partial charge in [0.05, 0.1) is 6.42 Å². The average molecular weight is 466 g/mol. The fourth-order valence-corrected chi connectivity index (χ4v) is 3.64. The summed E-state index contributed by atoms with van der Waals surface area (Å²) in [5.74, 6) is 5.34. The molecule has 0 aromatic heterocycles. The number of rotatable bonds is 7. The predicted molar refractivity (Wildman–Crippen MR) is 130 cm³/mol. The van der Waals surface area contributed by atoms with Crippen molar-refractivity contribution < 1.29 is 18.3 Å². The largest absolute Gasteiger partial charge is 0.472 e. The molecular weight excluding hydrogens is 440 g/mol. The van der Waals surface area contributed by atoms with Crippen molar-refractivity contribution in [1.29, 1.82) is 0 Å². The summed E-state index contributed by atoms with van der Waals surface area (Å²) in [7, 11) is 0. The van der Waals surface area contributed by atoms with Crippen LogP contribution in [0.5, 0.6) is 5.75 Å². The Morgan fingerprint density at radius 3 is 2.36 bits per heavy atom. The van der Waals surface area contributed by atoms with Gasteiger partial charge in [0.2, 0.25) is 5.91 Å². The summed E-state index contributed by atoms with van der Waals surface area (Å²) in [5, 5.41) is 2.88. The van der Waals surface area contributed by atoms with Gasteiger partial charge in [-0.15, -0.1) is 11.8 Å². The van der Waals surface area contributed by atoms with Crippen molar-refractivity contribution in [2.45, 2.75) is 37.7 Å². The Kier molecular flexibility index (Phi) is 8.13. The van der Waals surface area contributed by atoms with Gasteiger partial charge < -0.3 is 10.1 Å². The molecule has 3 rings (SSSR count). The molecule has 0 bridgehead atoms. The standard InChI is InChI=1S/C27H25F2NO2S/c1-4-33-23-12-7-20(8-13-23)17-26(31)30-22-10-5-19(6-11-22)15-16-27(2,3)32-25-14-9-21(28)18-24(25)29/h5-14,18H,4,17H2,1-3H3,(H,30,31). The van der Waals surface area contributed by atoms with Crippen LogP contribution in [0.4, 0.5) is 14.5 Å². The predicted octanol–water partition coefficient (Wildman–Crippen LogP) is 6.47. The fourth-order valence-electron chi connectivity index (χ4n) is 2.98. The number of thioether (sulfide) groups is 1. The average Bonchev–Trinajstić information content (AvgIpc) is 2.77. The van der Waals surface area contributed by atoms with Gasteiger partial charge in [-0.3, -0.25) is 4.79 Å². The van der Waals surface area contributed by atoms with Crippen LogP contribution in [-0.4, -0.2) is 17.3 Å². The van der Waals surface area contributed by atoms with Gasteiger partial charge in [0.1, 0.15) is 5.82 Å². The first-order chi connectivity index (χ1) is 15.7. The van der Waals surface area contributed by atoms with Gasteiger partial charge in [0.15, 0.2) is 17.2 Å². The lowest BCUT2D eigenvalue weighted by Crippen LogP contribution is -2.26. The lowest BCUT2D eigenvalue weighted by molar-refractivity contribution is -0.115. The maximum absolute atomic E-state index is 13.8. The Bertz CT molecular complexity index is 1160. The number of anilines is 1. The highest BCUT2D eigenvalue weighted by Gasteiger charge is 2.19. The van der Waals surface area contributed by atoms with Crippen molar-refractivity contribution in [3.8, 4) is 17.6 Å². The molecule has 33 heavy (non-hydrogen) atoms. The topological polar surface area (TPSA) is 38.3 Å². The van der Waals surface area contributed by atoms with E-state index in [9.17, 15) is 13.6 Å². The number of ether oxygens (including phenoxy) is 1. The molecule has 0 unspecified atom stereocenters. The number of benzene rings is 3. The van der Waals surface area contributed by atoms with E-state index in [0.717, 1.165) is 23.4 Å². The van der Waals surface area contributed by atoms with E-state index in [1.54, 1.807) is 49.9 Å². The first kappa shape index (κ1) is 24.3. The van der Waals surface area contributed by atoms with E-state index in [4.69, 9.17) is 4.74 Å². The Balaban J connectivity index is 1.57. The number of hydrogen-bond donors (Lipinski definition) is 1. The molecule has 0 aliphatic heterocycles. The highest BCUT2D eigenvalue weighted by molar-refractivity contribution is 7.99. The summed E-state index contributed by atoms with van der Waals surface area (Å²) in [5.41, 5.74) is 1.35. The van der Waals surface area contributed by atoms with Gasteiger partial charge in [0.25, 0.3) is 0 Å². The maximum atomic E-state index is 13.8. The minimum Gasteiger partial charge on any atom is -0.472 e. The van der Waals surface area contributed by atoms with Crippen LogP contribution in [0.15, 0.2) is 71.6 Å². The van der Waals surface area contributed by atoms with Crippen molar-refractivity contribution in [3.63, 3.8) is 0 Å². The van der Waals surface area contributed by atoms with Crippen LogP contribution in [0.2, 0.25) is 0 Å². The molecule has 1 N–H and O–H groups in total. The molecule has 0 saturated heterocycles. The third-order valence-corrected chi connectivity index (χ3v) is 5.43. The summed E-state index contributed by atoms with van der Waals surface area (Å²) in [4.78, 5) is 13.5. The van der Waals surface area contributed by atoms with E-state index in [0.29, 0.717) is 17.7 Å². The van der Waals surface area contributed by atoms with Gasteiger partial charge >= 0.3 is 0 Å². The van der Waals surface area contributed by atoms with Gasteiger partial charge in [0, 0.05) is 22.2 Å². The lowest BCUT2D eigenvalue weighted by atomic mass is 10.1. The van der Waals surface area contributed by atoms with E-state index in [2.05, 4.69) is 24.1 Å². The van der Waals surface area contributed by atoms with Crippen molar-refractivity contribution in [1.82, 2.24) is 0 Å². The second-order valence-corrected chi connectivity index (χ2v) is 9.15. The third kappa shape index (κ3) is 7.65. The van der Waals surface area contributed by atoms with Crippen LogP contribution in [0.1, 0.15) is 31.9 Å². The Morgan fingerprint density at radius 1 is 1.03 bits per heavy atom. The van der Waals surface area contributed by atoms with Crippen molar-refractivity contribution in [3.05, 3.63) is 89.5 Å². The fraction of sp³-hybridized carbons (Fsp3) is 0.222. The normalized spacial score (nSPS) is 10.8. The maximum Gasteiger partial charge on any atom is 0.228 e. The van der Waals surface area contributed by atoms with Gasteiger partial charge in [-0.05, 0) is 73.7 Å². The molecule has 0 fully saturated rings. The van der Waals surface area contributed by atoms with Crippen molar-refractivity contribution in [2.24, 2.45) is 0 Å². The minimum absolute atomic E-state index is 0.0625. The molecule has 0 aliphatic rings. The van der Waals surface area contributed by atoms with Crippen molar-refractivity contribution in [2.75, 3.05) is 11.1 Å². The molecule has 3 aromatic carbocycles. The zero-order valence-electron chi connectivity index (χ0n) is 18.7. The summed E-state index contributed by atoms with van der Waals surface area (Å²) in [6.07, 6.45) is 0.296. The molecule has 0 radical (unpaired) electrons. The van der Waals surface area contributed by atoms with Crippen molar-refractivity contribution >= 4 is 23.4 Å². The van der Waals surface area contributed by atoms with E-state index in [1.165, 1.54) is 11.0 Å². The van der Waals surface area contributed by atoms with E-state index in [1.807, 2.05) is 24.3 Å². The van der Waals surface area contributed by atoms with Crippen LogP contribution >= 0.6 is 11.8 Å². The number of carbonyl (C=O) groups excluding carboxylic acids is 1. The molecule has 0 spiro atoms. The quantitative estimate of drug-likeness (QED) is 0.321. The first-order valence-electron chi connectivity index (χ1n) is 10.5. The Hall–Kier alpha value is -3.30. The van der Waals surface area contributed by atoms with Crippen LogP contribution in [-0.2, 0) is 11.2 Å². The lowest BCUT2D eigenvalue weighted by Gasteiger charge is -2.20. The van der Waals surface area contributed by atoms with Gasteiger partial charge in [-0.25, -0.2) is 8.78 Å². The number of nitrogens with one attached hydrogen (secondary N) is 1. The molecule has 0 heterocycles. The highest BCUT2D eigenvalue weighted by Crippen LogP contribution is 2.23. The van der Waals surface area contributed by atoms with Crippen LogP contribution in [0, 0.1) is 23.5 Å². The SMILES string of the molecule is CCSc1ccc(CC(=O)Nc2ccc(C#CC(C)(C)Oc3ccc(F)cc3F)cc2)cc1. The number of amides is 1. The van der Waals surface area contributed by atoms with Crippen LogP contribution < -0.4 is 10.1 Å². The molecule has 6 heteroatoms. The summed E-state index contributed by atoms with van der Waals surface area (Å²) in [6, 6.07) is 18.3. The molecule has 3 nitrogen and oxygen atoms in total. The summed E-state index contributed by atoms with van der Waals surface area (Å²) < 4.78 is 32.5. The zero-order chi connectivity index (χ0) is 23.8. The molecule has 0 aliphatic carbocycles. The van der Waals surface area contributed by atoms with E-state index < -0.39 is 17.2 Å². The molecular formula is C27H25F2NO2S. The second-order valence-electron chi connectivity index (χ2n) is 7.82. The molecule has 1 amide bonds. The van der Waals surface area contributed by atoms with E-state index >= 15 is 0 Å². The molecule has 3 aromatic rings. The minimum atomic E-state index is -0.989. The number of carbonyl (C=O) groups is 1. The highest BCUT2D eigenvalue weighted by atomic mass is 32.2.